The Morgan fingerprint density at radius 3 is 2.23 bits per heavy atom. The summed E-state index contributed by atoms with van der Waals surface area (Å²) >= 11 is 11.8. The Morgan fingerprint density at radius 2 is 1.58 bits per heavy atom. The van der Waals surface area contributed by atoms with Gasteiger partial charge in [-0.2, -0.15) is 10.1 Å². The number of aryl methyl sites for hydroxylation is 2. The maximum absolute atomic E-state index is 13.1. The highest BCUT2D eigenvalue weighted by Crippen LogP contribution is 2.15. The zero-order chi connectivity index (χ0) is 22.1. The van der Waals surface area contributed by atoms with E-state index in [1.165, 1.54) is 9.13 Å². The van der Waals surface area contributed by atoms with Gasteiger partial charge in [-0.25, -0.2) is 10.2 Å². The number of halogens is 2. The highest BCUT2D eigenvalue weighted by Gasteiger charge is 2.18. The molecule has 0 fully saturated rings. The van der Waals surface area contributed by atoms with Crippen molar-refractivity contribution in [3.8, 4) is 0 Å². The highest BCUT2D eigenvalue weighted by molar-refractivity contribution is 6.30. The second kappa shape index (κ2) is 8.41. The molecule has 0 saturated carbocycles. The van der Waals surface area contributed by atoms with Crippen molar-refractivity contribution < 1.29 is 0 Å². The zero-order valence-electron chi connectivity index (χ0n) is 16.7. The molecule has 0 aliphatic heterocycles. The Labute approximate surface area is 187 Å². The summed E-state index contributed by atoms with van der Waals surface area (Å²) in [5.74, 6) is 0.330. The van der Waals surface area contributed by atoms with Crippen LogP contribution < -0.4 is 16.7 Å². The van der Waals surface area contributed by atoms with Crippen LogP contribution in [-0.4, -0.2) is 24.9 Å². The van der Waals surface area contributed by atoms with Crippen LogP contribution in [0.4, 0.5) is 5.95 Å². The van der Waals surface area contributed by atoms with Crippen LogP contribution in [0, 0.1) is 0 Å². The Hall–Kier alpha value is -3.36. The maximum atomic E-state index is 13.1. The van der Waals surface area contributed by atoms with Gasteiger partial charge in [-0.05, 0) is 35.4 Å². The molecular weight excluding hydrogens is 439 g/mol. The summed E-state index contributed by atoms with van der Waals surface area (Å²) in [5, 5.41) is 5.39. The third kappa shape index (κ3) is 4.12. The van der Waals surface area contributed by atoms with Crippen LogP contribution in [0.2, 0.25) is 10.0 Å². The maximum Gasteiger partial charge on any atom is 0.332 e. The van der Waals surface area contributed by atoms with Gasteiger partial charge < -0.3 is 4.57 Å². The standard InChI is InChI=1S/C21H18Cl2N6O2/c1-27-17-18(25-20(27)26-24-11-13-3-7-15(22)8-4-13)28(2)21(31)29(19(17)30)12-14-5-9-16(23)10-6-14/h3-11H,12H2,1-2H3,(H,25,26)/b24-11+. The molecule has 0 amide bonds. The number of nitrogens with one attached hydrogen (secondary N) is 1. The lowest BCUT2D eigenvalue weighted by atomic mass is 10.2. The molecule has 0 radical (unpaired) electrons. The molecule has 158 valence electrons. The van der Waals surface area contributed by atoms with E-state index in [-0.39, 0.29) is 12.2 Å². The topological polar surface area (TPSA) is 86.2 Å². The number of benzene rings is 2. The average Bonchev–Trinajstić information content (AvgIpc) is 3.09. The minimum Gasteiger partial charge on any atom is -0.306 e. The summed E-state index contributed by atoms with van der Waals surface area (Å²) in [5.41, 5.74) is 4.13. The molecule has 10 heteroatoms. The first-order chi connectivity index (χ1) is 14.8. The van der Waals surface area contributed by atoms with Crippen LogP contribution in [0.1, 0.15) is 11.1 Å². The van der Waals surface area contributed by atoms with E-state index in [1.807, 2.05) is 12.1 Å². The monoisotopic (exact) mass is 456 g/mol. The summed E-state index contributed by atoms with van der Waals surface area (Å²) in [6, 6.07) is 14.2. The third-order valence-corrected chi connectivity index (χ3v) is 5.37. The van der Waals surface area contributed by atoms with E-state index in [1.54, 1.807) is 61.3 Å². The first-order valence-electron chi connectivity index (χ1n) is 9.30. The van der Waals surface area contributed by atoms with Gasteiger partial charge in [0.25, 0.3) is 5.56 Å². The fourth-order valence-electron chi connectivity index (χ4n) is 3.17. The molecule has 31 heavy (non-hydrogen) atoms. The molecule has 0 aliphatic rings. The number of rotatable bonds is 5. The van der Waals surface area contributed by atoms with Gasteiger partial charge in [0, 0.05) is 24.1 Å². The molecule has 2 aromatic heterocycles. The van der Waals surface area contributed by atoms with E-state index in [2.05, 4.69) is 15.5 Å². The third-order valence-electron chi connectivity index (χ3n) is 4.86. The Bertz CT molecular complexity index is 1400. The Balaban J connectivity index is 1.71. The van der Waals surface area contributed by atoms with Gasteiger partial charge in [0.2, 0.25) is 5.95 Å². The van der Waals surface area contributed by atoms with Crippen LogP contribution in [0.25, 0.3) is 11.2 Å². The van der Waals surface area contributed by atoms with Crippen LogP contribution >= 0.6 is 23.2 Å². The summed E-state index contributed by atoms with van der Waals surface area (Å²) in [6.07, 6.45) is 1.60. The van der Waals surface area contributed by atoms with Crippen molar-refractivity contribution in [3.63, 3.8) is 0 Å². The summed E-state index contributed by atoms with van der Waals surface area (Å²) < 4.78 is 4.10. The molecule has 4 rings (SSSR count). The molecule has 0 bridgehead atoms. The second-order valence-corrected chi connectivity index (χ2v) is 7.82. The number of imidazole rings is 1. The van der Waals surface area contributed by atoms with E-state index in [0.717, 1.165) is 11.1 Å². The molecule has 0 unspecified atom stereocenters. The van der Waals surface area contributed by atoms with Gasteiger partial charge in [-0.1, -0.05) is 47.5 Å². The van der Waals surface area contributed by atoms with E-state index in [0.29, 0.717) is 21.5 Å². The lowest BCUT2D eigenvalue weighted by Gasteiger charge is -2.09. The van der Waals surface area contributed by atoms with Crippen molar-refractivity contribution in [1.29, 1.82) is 0 Å². The van der Waals surface area contributed by atoms with E-state index >= 15 is 0 Å². The van der Waals surface area contributed by atoms with Crippen LogP contribution in [0.15, 0.2) is 63.2 Å². The predicted octanol–water partition coefficient (Wildman–Crippen LogP) is 3.23. The minimum absolute atomic E-state index is 0.126. The fourth-order valence-corrected chi connectivity index (χ4v) is 3.42. The number of aromatic nitrogens is 4. The van der Waals surface area contributed by atoms with Gasteiger partial charge in [0.05, 0.1) is 12.8 Å². The first-order valence-corrected chi connectivity index (χ1v) is 10.1. The molecule has 0 saturated heterocycles. The molecule has 0 spiro atoms. The lowest BCUT2D eigenvalue weighted by molar-refractivity contribution is 0.655. The number of anilines is 1. The van der Waals surface area contributed by atoms with Crippen molar-refractivity contribution in [1.82, 2.24) is 18.7 Å². The second-order valence-electron chi connectivity index (χ2n) is 6.95. The molecule has 0 atom stereocenters. The van der Waals surface area contributed by atoms with Gasteiger partial charge in [0.15, 0.2) is 11.2 Å². The largest absolute Gasteiger partial charge is 0.332 e. The van der Waals surface area contributed by atoms with Gasteiger partial charge in [0.1, 0.15) is 0 Å². The number of hydrogen-bond donors (Lipinski definition) is 1. The minimum atomic E-state index is -0.457. The summed E-state index contributed by atoms with van der Waals surface area (Å²) in [6.45, 7) is 0.126. The Morgan fingerprint density at radius 1 is 0.968 bits per heavy atom. The molecule has 1 N–H and O–H groups in total. The number of nitrogens with zero attached hydrogens (tertiary/aromatic N) is 5. The van der Waals surface area contributed by atoms with Crippen LogP contribution in [-0.2, 0) is 20.6 Å². The lowest BCUT2D eigenvalue weighted by Crippen LogP contribution is -2.39. The number of hydrogen-bond acceptors (Lipinski definition) is 5. The van der Waals surface area contributed by atoms with Crippen molar-refractivity contribution in [2.24, 2.45) is 19.2 Å². The SMILES string of the molecule is Cn1c(N/N=C/c2ccc(Cl)cc2)nc2c1c(=O)n(Cc1ccc(Cl)cc1)c(=O)n2C. The summed E-state index contributed by atoms with van der Waals surface area (Å²) in [7, 11) is 3.27. The first kappa shape index (κ1) is 20.9. The van der Waals surface area contributed by atoms with Gasteiger partial charge in [-0.15, -0.1) is 0 Å². The quantitative estimate of drug-likeness (QED) is 0.368. The summed E-state index contributed by atoms with van der Waals surface area (Å²) in [4.78, 5) is 30.3. The predicted molar refractivity (Wildman–Crippen MR) is 123 cm³/mol. The van der Waals surface area contributed by atoms with Gasteiger partial charge >= 0.3 is 5.69 Å². The van der Waals surface area contributed by atoms with Crippen LogP contribution in [0.5, 0.6) is 0 Å². The molecule has 8 nitrogen and oxygen atoms in total. The van der Waals surface area contributed by atoms with Gasteiger partial charge in [-0.3, -0.25) is 13.9 Å². The molecule has 0 aliphatic carbocycles. The molecule has 2 heterocycles. The van der Waals surface area contributed by atoms with Crippen molar-refractivity contribution in [3.05, 3.63) is 90.5 Å². The molecule has 4 aromatic rings. The fraction of sp³-hybridized carbons (Fsp3) is 0.143. The van der Waals surface area contributed by atoms with Crippen molar-refractivity contribution in [2.45, 2.75) is 6.54 Å². The smallest absolute Gasteiger partial charge is 0.306 e. The normalized spacial score (nSPS) is 11.5. The number of fused-ring (bicyclic) bond motifs is 1. The zero-order valence-corrected chi connectivity index (χ0v) is 18.2. The Kier molecular flexibility index (Phi) is 5.67. The highest BCUT2D eigenvalue weighted by atomic mass is 35.5. The van der Waals surface area contributed by atoms with Crippen LogP contribution in [0.3, 0.4) is 0 Å². The van der Waals surface area contributed by atoms with E-state index in [4.69, 9.17) is 23.2 Å². The van der Waals surface area contributed by atoms with E-state index < -0.39 is 11.2 Å². The number of hydrazone groups is 1. The molecule has 2 aromatic carbocycles. The van der Waals surface area contributed by atoms with Crippen molar-refractivity contribution in [2.75, 3.05) is 5.43 Å². The molecular formula is C21H18Cl2N6O2. The van der Waals surface area contributed by atoms with Crippen molar-refractivity contribution >= 4 is 46.5 Å². The average molecular weight is 457 g/mol. The van der Waals surface area contributed by atoms with E-state index in [9.17, 15) is 9.59 Å².